The molecule has 1 atom stereocenters. The van der Waals surface area contributed by atoms with Gasteiger partial charge in [0, 0.05) is 19.1 Å². The van der Waals surface area contributed by atoms with Crippen molar-refractivity contribution in [3.05, 3.63) is 0 Å². The maximum absolute atomic E-state index is 11.8. The fraction of sp³-hybridized carbons (Fsp3) is 0.867. The Morgan fingerprint density at radius 1 is 1.35 bits per heavy atom. The summed E-state index contributed by atoms with van der Waals surface area (Å²) in [6.45, 7) is 6.88. The van der Waals surface area contributed by atoms with Crippen LogP contribution in [0.4, 0.5) is 4.79 Å². The van der Waals surface area contributed by atoms with Crippen molar-refractivity contribution in [3.63, 3.8) is 0 Å². The molecule has 5 heteroatoms. The zero-order valence-corrected chi connectivity index (χ0v) is 12.7. The van der Waals surface area contributed by atoms with E-state index < -0.39 is 5.60 Å². The minimum atomic E-state index is -0.450. The first-order chi connectivity index (χ1) is 9.39. The van der Waals surface area contributed by atoms with Gasteiger partial charge >= 0.3 is 6.09 Å². The van der Waals surface area contributed by atoms with Crippen LogP contribution in [-0.4, -0.2) is 41.8 Å². The van der Waals surface area contributed by atoms with Gasteiger partial charge < -0.3 is 9.64 Å². The molecule has 0 unspecified atom stereocenters. The Kier molecular flexibility index (Phi) is 4.54. The summed E-state index contributed by atoms with van der Waals surface area (Å²) < 4.78 is 5.32. The van der Waals surface area contributed by atoms with E-state index in [1.807, 2.05) is 20.8 Å². The fourth-order valence-corrected chi connectivity index (χ4v) is 2.88. The van der Waals surface area contributed by atoms with Gasteiger partial charge in [-0.1, -0.05) is 12.8 Å². The lowest BCUT2D eigenvalue weighted by molar-refractivity contribution is 0.00418. The monoisotopic (exact) mass is 279 g/mol. The van der Waals surface area contributed by atoms with Gasteiger partial charge in [0.1, 0.15) is 5.60 Å². The van der Waals surface area contributed by atoms with Crippen molar-refractivity contribution in [1.82, 2.24) is 10.2 Å². The largest absolute Gasteiger partial charge is 0.444 e. The molecule has 5 nitrogen and oxygen atoms in total. The van der Waals surface area contributed by atoms with Crippen LogP contribution in [0.1, 0.15) is 46.5 Å². The van der Waals surface area contributed by atoms with Gasteiger partial charge in [-0.3, -0.25) is 5.32 Å². The first-order valence-electron chi connectivity index (χ1n) is 7.52. The van der Waals surface area contributed by atoms with Crippen molar-refractivity contribution in [2.75, 3.05) is 13.1 Å². The van der Waals surface area contributed by atoms with Crippen LogP contribution in [0.15, 0.2) is 0 Å². The lowest BCUT2D eigenvalue weighted by Gasteiger charge is -2.41. The van der Waals surface area contributed by atoms with E-state index >= 15 is 0 Å². The molecule has 1 heterocycles. The number of hydrogen-bond donors (Lipinski definition) is 1. The number of nitrogens with zero attached hydrogens (tertiary/aromatic N) is 2. The molecule has 0 aromatic carbocycles. The summed E-state index contributed by atoms with van der Waals surface area (Å²) in [5, 5.41) is 12.6. The molecule has 0 aromatic rings. The summed E-state index contributed by atoms with van der Waals surface area (Å²) in [5.41, 5.74) is -0.450. The second-order valence-electron chi connectivity index (χ2n) is 6.90. The van der Waals surface area contributed by atoms with Gasteiger partial charge in [0.25, 0.3) is 0 Å². The molecule has 0 aromatic heterocycles. The average Bonchev–Trinajstić information content (AvgIpc) is 2.78. The molecular formula is C15H25N3O2. The topological polar surface area (TPSA) is 65.4 Å². The summed E-state index contributed by atoms with van der Waals surface area (Å²) in [6, 6.07) is 2.54. The van der Waals surface area contributed by atoms with E-state index in [1.165, 1.54) is 12.8 Å². The minimum absolute atomic E-state index is 0.0664. The SMILES string of the molecule is CC(C)(C)OC(=O)N1CC(N[C@@H](C#N)C2CCCC2)C1. The first-order valence-corrected chi connectivity index (χ1v) is 7.52. The van der Waals surface area contributed by atoms with Crippen LogP contribution in [0.5, 0.6) is 0 Å². The van der Waals surface area contributed by atoms with Gasteiger partial charge in [-0.25, -0.2) is 4.79 Å². The van der Waals surface area contributed by atoms with Gasteiger partial charge in [-0.2, -0.15) is 5.26 Å². The quantitative estimate of drug-likeness (QED) is 0.860. The van der Waals surface area contributed by atoms with Gasteiger partial charge in [-0.05, 0) is 39.5 Å². The van der Waals surface area contributed by atoms with Gasteiger partial charge in [0.2, 0.25) is 0 Å². The number of ether oxygens (including phenoxy) is 1. The van der Waals surface area contributed by atoms with Crippen molar-refractivity contribution < 1.29 is 9.53 Å². The molecule has 0 spiro atoms. The number of hydrogen-bond acceptors (Lipinski definition) is 4. The van der Waals surface area contributed by atoms with Crippen LogP contribution in [0.25, 0.3) is 0 Å². The number of rotatable bonds is 3. The molecule has 0 bridgehead atoms. The number of carbonyl (C=O) groups excluding carboxylic acids is 1. The molecule has 1 aliphatic carbocycles. The number of likely N-dealkylation sites (tertiary alicyclic amines) is 1. The molecule has 1 saturated heterocycles. The zero-order chi connectivity index (χ0) is 14.8. The van der Waals surface area contributed by atoms with Gasteiger partial charge in [0.05, 0.1) is 12.1 Å². The molecule has 1 amide bonds. The van der Waals surface area contributed by atoms with E-state index in [9.17, 15) is 10.1 Å². The zero-order valence-electron chi connectivity index (χ0n) is 12.7. The lowest BCUT2D eigenvalue weighted by Crippen LogP contribution is -2.62. The Bertz CT molecular complexity index is 385. The van der Waals surface area contributed by atoms with Gasteiger partial charge in [0.15, 0.2) is 0 Å². The predicted octanol–water partition coefficient (Wildman–Crippen LogP) is 2.28. The molecule has 1 aliphatic heterocycles. The number of amides is 1. The standard InChI is InChI=1S/C15H25N3O2/c1-15(2,3)20-14(19)18-9-12(10-18)17-13(8-16)11-6-4-5-7-11/h11-13,17H,4-7,9-10H2,1-3H3/t13-/m0/s1. The minimum Gasteiger partial charge on any atom is -0.444 e. The van der Waals surface area contributed by atoms with Crippen molar-refractivity contribution in [2.45, 2.75) is 64.1 Å². The maximum Gasteiger partial charge on any atom is 0.410 e. The highest BCUT2D eigenvalue weighted by Gasteiger charge is 2.36. The molecule has 2 aliphatic rings. The van der Waals surface area contributed by atoms with Crippen molar-refractivity contribution in [3.8, 4) is 6.07 Å². The van der Waals surface area contributed by atoms with E-state index in [0.29, 0.717) is 19.0 Å². The first kappa shape index (κ1) is 15.1. The van der Waals surface area contributed by atoms with Crippen molar-refractivity contribution in [2.24, 2.45) is 5.92 Å². The Hall–Kier alpha value is -1.28. The molecule has 1 saturated carbocycles. The van der Waals surface area contributed by atoms with Crippen LogP contribution < -0.4 is 5.32 Å². The Labute approximate surface area is 121 Å². The molecule has 1 N–H and O–H groups in total. The van der Waals surface area contributed by atoms with Crippen LogP contribution in [0.2, 0.25) is 0 Å². The summed E-state index contributed by atoms with van der Waals surface area (Å²) in [7, 11) is 0. The lowest BCUT2D eigenvalue weighted by atomic mass is 9.97. The third-order valence-corrected chi connectivity index (χ3v) is 3.96. The fourth-order valence-electron chi connectivity index (χ4n) is 2.88. The Morgan fingerprint density at radius 3 is 2.45 bits per heavy atom. The molecule has 112 valence electrons. The van der Waals surface area contributed by atoms with E-state index in [-0.39, 0.29) is 18.2 Å². The molecule has 2 fully saturated rings. The van der Waals surface area contributed by atoms with Crippen molar-refractivity contribution in [1.29, 1.82) is 5.26 Å². The molecular weight excluding hydrogens is 254 g/mol. The van der Waals surface area contributed by atoms with Crippen LogP contribution in [-0.2, 0) is 4.74 Å². The molecule has 2 rings (SSSR count). The van der Waals surface area contributed by atoms with Crippen molar-refractivity contribution >= 4 is 6.09 Å². The van der Waals surface area contributed by atoms with Crippen LogP contribution in [0, 0.1) is 17.2 Å². The predicted molar refractivity (Wildman–Crippen MR) is 76.1 cm³/mol. The van der Waals surface area contributed by atoms with E-state index in [0.717, 1.165) is 12.8 Å². The summed E-state index contributed by atoms with van der Waals surface area (Å²) >= 11 is 0. The van der Waals surface area contributed by atoms with E-state index in [2.05, 4.69) is 11.4 Å². The highest BCUT2D eigenvalue weighted by Crippen LogP contribution is 2.28. The van der Waals surface area contributed by atoms with Crippen LogP contribution >= 0.6 is 0 Å². The second kappa shape index (κ2) is 6.01. The summed E-state index contributed by atoms with van der Waals surface area (Å²) in [6.07, 6.45) is 4.50. The molecule has 0 radical (unpaired) electrons. The number of carbonyl (C=O) groups is 1. The van der Waals surface area contributed by atoms with Gasteiger partial charge in [-0.15, -0.1) is 0 Å². The van der Waals surface area contributed by atoms with E-state index in [4.69, 9.17) is 4.74 Å². The number of nitrogens with one attached hydrogen (secondary N) is 1. The Morgan fingerprint density at radius 2 is 1.95 bits per heavy atom. The third-order valence-electron chi connectivity index (χ3n) is 3.96. The highest BCUT2D eigenvalue weighted by molar-refractivity contribution is 5.69. The Balaban J connectivity index is 1.73. The van der Waals surface area contributed by atoms with Crippen LogP contribution in [0.3, 0.4) is 0 Å². The summed E-state index contributed by atoms with van der Waals surface area (Å²) in [5.74, 6) is 0.482. The average molecular weight is 279 g/mol. The normalized spacial score (nSPS) is 22.2. The maximum atomic E-state index is 11.8. The molecule has 20 heavy (non-hydrogen) atoms. The third kappa shape index (κ3) is 3.86. The highest BCUT2D eigenvalue weighted by atomic mass is 16.6. The second-order valence-corrected chi connectivity index (χ2v) is 6.90. The smallest absolute Gasteiger partial charge is 0.410 e. The number of nitriles is 1. The summed E-state index contributed by atoms with van der Waals surface area (Å²) in [4.78, 5) is 13.5. The van der Waals surface area contributed by atoms with E-state index in [1.54, 1.807) is 4.90 Å².